The molecule has 1 amide bonds. The van der Waals surface area contributed by atoms with Crippen molar-refractivity contribution in [1.29, 1.82) is 0 Å². The second-order valence-electron chi connectivity index (χ2n) is 7.34. The Morgan fingerprint density at radius 2 is 1.74 bits per heavy atom. The van der Waals surface area contributed by atoms with Crippen molar-refractivity contribution in [3.63, 3.8) is 0 Å². The zero-order chi connectivity index (χ0) is 21.8. The van der Waals surface area contributed by atoms with Crippen molar-refractivity contribution >= 4 is 17.6 Å². The molecule has 0 saturated carbocycles. The van der Waals surface area contributed by atoms with Crippen molar-refractivity contribution in [2.45, 2.75) is 20.4 Å². The molecule has 31 heavy (non-hydrogen) atoms. The molecule has 0 unspecified atom stereocenters. The number of benzene rings is 2. The van der Waals surface area contributed by atoms with Crippen LogP contribution in [-0.4, -0.2) is 36.3 Å². The minimum Gasteiger partial charge on any atom is -0.486 e. The number of aromatic nitrogens is 1. The summed E-state index contributed by atoms with van der Waals surface area (Å²) in [6.07, 6.45) is 0. The van der Waals surface area contributed by atoms with Crippen LogP contribution in [-0.2, 0) is 16.1 Å². The number of nitrogens with zero attached hydrogens (tertiary/aromatic N) is 1. The number of fused-ring (bicyclic) bond motifs is 1. The van der Waals surface area contributed by atoms with Crippen molar-refractivity contribution in [3.8, 4) is 11.5 Å². The SMILES string of the molecule is Cc1cc(C(=O)OCC(=O)Nc2ccc3c(c2)OCCO3)c(C)n1Cc1ccccc1. The Kier molecular flexibility index (Phi) is 5.93. The smallest absolute Gasteiger partial charge is 0.340 e. The Hall–Kier alpha value is -3.74. The third-order valence-corrected chi connectivity index (χ3v) is 5.14. The predicted octanol–water partition coefficient (Wildman–Crippen LogP) is 3.72. The summed E-state index contributed by atoms with van der Waals surface area (Å²) >= 11 is 0. The predicted molar refractivity (Wildman–Crippen MR) is 116 cm³/mol. The molecular formula is C24H24N2O5. The topological polar surface area (TPSA) is 78.8 Å². The Balaban J connectivity index is 1.36. The third kappa shape index (κ3) is 4.71. The summed E-state index contributed by atoms with van der Waals surface area (Å²) in [6.45, 7) is 5.07. The van der Waals surface area contributed by atoms with Crippen LogP contribution in [0.1, 0.15) is 27.3 Å². The van der Waals surface area contributed by atoms with Crippen LogP contribution in [0.2, 0.25) is 0 Å². The molecule has 160 valence electrons. The number of amides is 1. The fourth-order valence-corrected chi connectivity index (χ4v) is 3.54. The number of rotatable bonds is 6. The lowest BCUT2D eigenvalue weighted by Gasteiger charge is -2.19. The molecule has 2 heterocycles. The van der Waals surface area contributed by atoms with Gasteiger partial charge in [-0.25, -0.2) is 4.79 Å². The number of hydrogen-bond acceptors (Lipinski definition) is 5. The lowest BCUT2D eigenvalue weighted by atomic mass is 10.2. The van der Waals surface area contributed by atoms with Crippen molar-refractivity contribution in [2.75, 3.05) is 25.1 Å². The maximum absolute atomic E-state index is 12.6. The monoisotopic (exact) mass is 420 g/mol. The molecule has 0 aliphatic carbocycles. The molecule has 7 nitrogen and oxygen atoms in total. The largest absolute Gasteiger partial charge is 0.486 e. The molecule has 2 aromatic carbocycles. The van der Waals surface area contributed by atoms with Crippen LogP contribution < -0.4 is 14.8 Å². The van der Waals surface area contributed by atoms with E-state index in [1.807, 2.05) is 44.2 Å². The summed E-state index contributed by atoms with van der Waals surface area (Å²) in [5.74, 6) is 0.265. The summed E-state index contributed by atoms with van der Waals surface area (Å²) in [7, 11) is 0. The normalized spacial score (nSPS) is 12.3. The zero-order valence-corrected chi connectivity index (χ0v) is 17.5. The number of aryl methyl sites for hydroxylation is 1. The lowest BCUT2D eigenvalue weighted by Crippen LogP contribution is -2.21. The fourth-order valence-electron chi connectivity index (χ4n) is 3.54. The van der Waals surface area contributed by atoms with E-state index in [2.05, 4.69) is 9.88 Å². The fraction of sp³-hybridized carbons (Fsp3) is 0.250. The Bertz CT molecular complexity index is 1100. The number of esters is 1. The average Bonchev–Trinajstić information content (AvgIpc) is 3.06. The molecular weight excluding hydrogens is 396 g/mol. The average molecular weight is 420 g/mol. The molecule has 0 bridgehead atoms. The molecule has 1 N–H and O–H groups in total. The highest BCUT2D eigenvalue weighted by Gasteiger charge is 2.19. The van der Waals surface area contributed by atoms with Gasteiger partial charge in [-0.05, 0) is 37.6 Å². The molecule has 0 saturated heterocycles. The van der Waals surface area contributed by atoms with Gasteiger partial charge in [0.2, 0.25) is 0 Å². The number of carbonyl (C=O) groups is 2. The van der Waals surface area contributed by atoms with E-state index in [0.717, 1.165) is 17.0 Å². The van der Waals surface area contributed by atoms with E-state index in [0.29, 0.717) is 42.5 Å². The lowest BCUT2D eigenvalue weighted by molar-refractivity contribution is -0.119. The molecule has 1 aliphatic rings. The maximum Gasteiger partial charge on any atom is 0.340 e. The first kappa shape index (κ1) is 20.5. The summed E-state index contributed by atoms with van der Waals surface area (Å²) < 4.78 is 18.3. The number of nitrogens with one attached hydrogen (secondary N) is 1. The summed E-state index contributed by atoms with van der Waals surface area (Å²) in [4.78, 5) is 24.8. The van der Waals surface area contributed by atoms with Gasteiger partial charge < -0.3 is 24.1 Å². The van der Waals surface area contributed by atoms with E-state index >= 15 is 0 Å². The molecule has 1 aromatic heterocycles. The first-order valence-electron chi connectivity index (χ1n) is 10.1. The first-order valence-corrected chi connectivity index (χ1v) is 10.1. The minimum atomic E-state index is -0.523. The molecule has 1 aliphatic heterocycles. The van der Waals surface area contributed by atoms with E-state index < -0.39 is 11.9 Å². The number of anilines is 1. The van der Waals surface area contributed by atoms with Gasteiger partial charge in [0.15, 0.2) is 18.1 Å². The molecule has 3 aromatic rings. The van der Waals surface area contributed by atoms with Crippen LogP contribution in [0.3, 0.4) is 0 Å². The molecule has 0 radical (unpaired) electrons. The Morgan fingerprint density at radius 1 is 1.00 bits per heavy atom. The van der Waals surface area contributed by atoms with Gasteiger partial charge in [-0.3, -0.25) is 4.79 Å². The van der Waals surface area contributed by atoms with Crippen molar-refractivity contribution in [2.24, 2.45) is 0 Å². The van der Waals surface area contributed by atoms with E-state index in [9.17, 15) is 9.59 Å². The van der Waals surface area contributed by atoms with E-state index in [4.69, 9.17) is 14.2 Å². The van der Waals surface area contributed by atoms with Crippen LogP contribution in [0, 0.1) is 13.8 Å². The van der Waals surface area contributed by atoms with E-state index in [1.165, 1.54) is 0 Å². The van der Waals surface area contributed by atoms with Crippen molar-refractivity contribution < 1.29 is 23.8 Å². The molecule has 0 spiro atoms. The Labute approximate surface area is 180 Å². The van der Waals surface area contributed by atoms with Crippen LogP contribution in [0.25, 0.3) is 0 Å². The van der Waals surface area contributed by atoms with Crippen LogP contribution in [0.15, 0.2) is 54.6 Å². The second kappa shape index (κ2) is 8.95. The van der Waals surface area contributed by atoms with Gasteiger partial charge in [0, 0.05) is 29.7 Å². The van der Waals surface area contributed by atoms with Gasteiger partial charge in [0.05, 0.1) is 5.56 Å². The van der Waals surface area contributed by atoms with E-state index in [-0.39, 0.29) is 6.61 Å². The van der Waals surface area contributed by atoms with Gasteiger partial charge >= 0.3 is 5.97 Å². The minimum absolute atomic E-state index is 0.379. The zero-order valence-electron chi connectivity index (χ0n) is 17.5. The van der Waals surface area contributed by atoms with E-state index in [1.54, 1.807) is 24.3 Å². The van der Waals surface area contributed by atoms with Crippen molar-refractivity contribution in [1.82, 2.24) is 4.57 Å². The second-order valence-corrected chi connectivity index (χ2v) is 7.34. The van der Waals surface area contributed by atoms with Gasteiger partial charge in [-0.15, -0.1) is 0 Å². The summed E-state index contributed by atoms with van der Waals surface area (Å²) in [5, 5.41) is 2.71. The first-order chi connectivity index (χ1) is 15.0. The molecule has 0 atom stereocenters. The molecule has 0 fully saturated rings. The van der Waals surface area contributed by atoms with Crippen LogP contribution in [0.4, 0.5) is 5.69 Å². The maximum atomic E-state index is 12.6. The highest BCUT2D eigenvalue weighted by atomic mass is 16.6. The summed E-state index contributed by atoms with van der Waals surface area (Å²) in [5.41, 5.74) is 3.91. The Morgan fingerprint density at radius 3 is 2.52 bits per heavy atom. The van der Waals surface area contributed by atoms with Gasteiger partial charge in [0.25, 0.3) is 5.91 Å². The number of ether oxygens (including phenoxy) is 3. The molecule has 7 heteroatoms. The van der Waals surface area contributed by atoms with Gasteiger partial charge in [-0.1, -0.05) is 30.3 Å². The number of carbonyl (C=O) groups excluding carboxylic acids is 2. The third-order valence-electron chi connectivity index (χ3n) is 5.14. The van der Waals surface area contributed by atoms with Gasteiger partial charge in [-0.2, -0.15) is 0 Å². The molecule has 4 rings (SSSR count). The number of hydrogen-bond donors (Lipinski definition) is 1. The van der Waals surface area contributed by atoms with Crippen molar-refractivity contribution in [3.05, 3.63) is 77.1 Å². The summed E-state index contributed by atoms with van der Waals surface area (Å²) in [6, 6.07) is 16.9. The van der Waals surface area contributed by atoms with Crippen LogP contribution >= 0.6 is 0 Å². The standard InChI is InChI=1S/C24H24N2O5/c1-16-12-20(17(2)26(16)14-18-6-4-3-5-7-18)24(28)31-15-23(27)25-19-8-9-21-22(13-19)30-11-10-29-21/h3-9,12-13H,10-11,14-15H2,1-2H3,(H,25,27). The van der Waals surface area contributed by atoms with Gasteiger partial charge in [0.1, 0.15) is 13.2 Å². The van der Waals surface area contributed by atoms with Crippen LogP contribution in [0.5, 0.6) is 11.5 Å². The highest BCUT2D eigenvalue weighted by Crippen LogP contribution is 2.32. The highest BCUT2D eigenvalue weighted by molar-refractivity contribution is 5.96. The quantitative estimate of drug-likeness (QED) is 0.615.